The first-order chi connectivity index (χ1) is 13.6. The number of thioether (sulfide) groups is 1. The Morgan fingerprint density at radius 1 is 0.893 bits per heavy atom. The second-order valence-electron chi connectivity index (χ2n) is 6.14. The molecule has 0 aliphatic carbocycles. The average molecular weight is 391 g/mol. The van der Waals surface area contributed by atoms with Gasteiger partial charge in [0, 0.05) is 16.1 Å². The van der Waals surface area contributed by atoms with Crippen LogP contribution in [0.2, 0.25) is 0 Å². The van der Waals surface area contributed by atoms with Crippen molar-refractivity contribution in [1.29, 1.82) is 0 Å². The van der Waals surface area contributed by atoms with Gasteiger partial charge in [-0.15, -0.1) is 11.8 Å². The summed E-state index contributed by atoms with van der Waals surface area (Å²) in [5, 5.41) is 2.43. The molecule has 0 aliphatic heterocycles. The minimum Gasteiger partial charge on any atom is -0.455 e. The largest absolute Gasteiger partial charge is 0.455 e. The highest BCUT2D eigenvalue weighted by Gasteiger charge is 2.17. The molecule has 28 heavy (non-hydrogen) atoms. The number of ether oxygens (including phenoxy) is 1. The molecule has 0 spiro atoms. The van der Waals surface area contributed by atoms with Crippen molar-refractivity contribution in [3.8, 4) is 11.1 Å². The van der Waals surface area contributed by atoms with E-state index in [9.17, 15) is 9.59 Å². The Kier molecular flexibility index (Phi) is 6.87. The van der Waals surface area contributed by atoms with E-state index in [4.69, 9.17) is 4.74 Å². The summed E-state index contributed by atoms with van der Waals surface area (Å²) in [6.07, 6.45) is 0. The number of carbonyl (C=O) groups excluding carboxylic acids is 2. The number of anilines is 1. The molecule has 3 aromatic carbocycles. The molecule has 5 heteroatoms. The van der Waals surface area contributed by atoms with Gasteiger partial charge in [-0.1, -0.05) is 66.7 Å². The van der Waals surface area contributed by atoms with Crippen LogP contribution in [0.4, 0.5) is 5.69 Å². The zero-order valence-corrected chi connectivity index (χ0v) is 16.3. The zero-order chi connectivity index (χ0) is 19.8. The van der Waals surface area contributed by atoms with Gasteiger partial charge in [-0.3, -0.25) is 9.59 Å². The molecule has 0 unspecified atom stereocenters. The lowest BCUT2D eigenvalue weighted by atomic mass is 10.0. The first kappa shape index (κ1) is 19.7. The van der Waals surface area contributed by atoms with Crippen LogP contribution < -0.4 is 5.32 Å². The summed E-state index contributed by atoms with van der Waals surface area (Å²) in [5.41, 5.74) is 2.60. The molecule has 1 amide bonds. The molecule has 142 valence electrons. The second kappa shape index (κ2) is 9.76. The molecule has 0 radical (unpaired) electrons. The Balaban J connectivity index is 1.56. The number of para-hydroxylation sites is 1. The smallest absolute Gasteiger partial charge is 0.319 e. The van der Waals surface area contributed by atoms with E-state index in [2.05, 4.69) is 5.32 Å². The van der Waals surface area contributed by atoms with Crippen LogP contribution in [0.5, 0.6) is 0 Å². The molecule has 0 aromatic heterocycles. The minimum absolute atomic E-state index is 0.318. The van der Waals surface area contributed by atoms with Crippen molar-refractivity contribution in [3.05, 3.63) is 84.9 Å². The molecular formula is C23H21NO3S. The summed E-state index contributed by atoms with van der Waals surface area (Å²) in [7, 11) is 0. The summed E-state index contributed by atoms with van der Waals surface area (Å²) < 4.78 is 5.18. The van der Waals surface area contributed by atoms with Gasteiger partial charge >= 0.3 is 5.97 Å². The Bertz CT molecular complexity index is 929. The fourth-order valence-corrected chi connectivity index (χ4v) is 3.54. The van der Waals surface area contributed by atoms with Crippen LogP contribution in [0.3, 0.4) is 0 Å². The maximum atomic E-state index is 12.3. The van der Waals surface area contributed by atoms with Crippen molar-refractivity contribution in [3.63, 3.8) is 0 Å². The Hall–Kier alpha value is -3.05. The number of nitrogens with one attached hydrogen (secondary N) is 1. The van der Waals surface area contributed by atoms with Crippen LogP contribution in [0.1, 0.15) is 6.92 Å². The molecule has 0 fully saturated rings. The highest BCUT2D eigenvalue weighted by atomic mass is 32.2. The summed E-state index contributed by atoms with van der Waals surface area (Å²) in [6, 6.07) is 26.9. The second-order valence-corrected chi connectivity index (χ2v) is 7.55. The number of hydrogen-bond donors (Lipinski definition) is 1. The monoisotopic (exact) mass is 391 g/mol. The van der Waals surface area contributed by atoms with Gasteiger partial charge in [0.05, 0.1) is 0 Å². The van der Waals surface area contributed by atoms with E-state index in [0.29, 0.717) is 5.69 Å². The number of amides is 1. The van der Waals surface area contributed by atoms with E-state index in [1.807, 2.05) is 84.9 Å². The lowest BCUT2D eigenvalue weighted by Gasteiger charge is -2.13. The van der Waals surface area contributed by atoms with Gasteiger partial charge in [0.15, 0.2) is 6.61 Å². The lowest BCUT2D eigenvalue weighted by Crippen LogP contribution is -2.25. The van der Waals surface area contributed by atoms with E-state index in [1.54, 1.807) is 6.92 Å². The van der Waals surface area contributed by atoms with Crippen molar-refractivity contribution < 1.29 is 14.3 Å². The Morgan fingerprint density at radius 3 is 2.21 bits per heavy atom. The van der Waals surface area contributed by atoms with Gasteiger partial charge < -0.3 is 10.1 Å². The number of rotatable bonds is 7. The fraction of sp³-hybridized carbons (Fsp3) is 0.130. The van der Waals surface area contributed by atoms with Gasteiger partial charge in [-0.05, 0) is 30.7 Å². The molecule has 1 atom stereocenters. The minimum atomic E-state index is -0.416. The predicted octanol–water partition coefficient (Wildman–Crippen LogP) is 5.02. The first-order valence-corrected chi connectivity index (χ1v) is 9.84. The number of carbonyl (C=O) groups is 2. The summed E-state index contributed by atoms with van der Waals surface area (Å²) in [5.74, 6) is -0.783. The van der Waals surface area contributed by atoms with Crippen molar-refractivity contribution in [1.82, 2.24) is 0 Å². The third-order valence-electron chi connectivity index (χ3n) is 4.02. The maximum Gasteiger partial charge on any atom is 0.319 e. The molecule has 0 saturated heterocycles. The number of hydrogen-bond acceptors (Lipinski definition) is 4. The van der Waals surface area contributed by atoms with Crippen molar-refractivity contribution in [2.24, 2.45) is 0 Å². The molecule has 3 aromatic rings. The molecule has 3 rings (SSSR count). The molecule has 0 heterocycles. The van der Waals surface area contributed by atoms with E-state index in [0.717, 1.165) is 16.0 Å². The number of esters is 1. The quantitative estimate of drug-likeness (QED) is 0.454. The molecule has 0 saturated carbocycles. The summed E-state index contributed by atoms with van der Waals surface area (Å²) in [4.78, 5) is 25.4. The van der Waals surface area contributed by atoms with Gasteiger partial charge in [-0.25, -0.2) is 0 Å². The van der Waals surface area contributed by atoms with Crippen molar-refractivity contribution >= 4 is 29.3 Å². The van der Waals surface area contributed by atoms with E-state index < -0.39 is 11.2 Å². The van der Waals surface area contributed by atoms with Gasteiger partial charge in [0.1, 0.15) is 5.25 Å². The SMILES string of the molecule is C[C@H](Sc1ccccc1)C(=O)OCC(=O)Nc1ccccc1-c1ccccc1. The third kappa shape index (κ3) is 5.47. The van der Waals surface area contributed by atoms with E-state index >= 15 is 0 Å². The Morgan fingerprint density at radius 2 is 1.50 bits per heavy atom. The fourth-order valence-electron chi connectivity index (χ4n) is 2.65. The van der Waals surface area contributed by atoms with Crippen LogP contribution >= 0.6 is 11.8 Å². The van der Waals surface area contributed by atoms with Crippen LogP contribution in [0.25, 0.3) is 11.1 Å². The molecule has 1 N–H and O–H groups in total. The average Bonchev–Trinajstić information content (AvgIpc) is 2.73. The maximum absolute atomic E-state index is 12.3. The molecule has 0 aliphatic rings. The summed E-state index contributed by atoms with van der Waals surface area (Å²) in [6.45, 7) is 1.45. The lowest BCUT2D eigenvalue weighted by molar-refractivity contribution is -0.146. The van der Waals surface area contributed by atoms with Gasteiger partial charge in [0.25, 0.3) is 5.91 Å². The van der Waals surface area contributed by atoms with Crippen LogP contribution in [-0.2, 0) is 14.3 Å². The van der Waals surface area contributed by atoms with Crippen LogP contribution in [0, 0.1) is 0 Å². The van der Waals surface area contributed by atoms with Crippen molar-refractivity contribution in [2.75, 3.05) is 11.9 Å². The molecule has 4 nitrogen and oxygen atoms in total. The molecule has 0 bridgehead atoms. The van der Waals surface area contributed by atoms with Crippen molar-refractivity contribution in [2.45, 2.75) is 17.1 Å². The zero-order valence-electron chi connectivity index (χ0n) is 15.5. The van der Waals surface area contributed by atoms with Crippen LogP contribution in [0.15, 0.2) is 89.8 Å². The first-order valence-electron chi connectivity index (χ1n) is 8.96. The van der Waals surface area contributed by atoms with E-state index in [-0.39, 0.29) is 12.5 Å². The third-order valence-corrected chi connectivity index (χ3v) is 5.11. The predicted molar refractivity (Wildman–Crippen MR) is 113 cm³/mol. The van der Waals surface area contributed by atoms with E-state index in [1.165, 1.54) is 11.8 Å². The summed E-state index contributed by atoms with van der Waals surface area (Å²) >= 11 is 1.40. The normalized spacial score (nSPS) is 11.5. The van der Waals surface area contributed by atoms with Crippen LogP contribution in [-0.4, -0.2) is 23.7 Å². The Labute approximate surface area is 168 Å². The topological polar surface area (TPSA) is 55.4 Å². The van der Waals surface area contributed by atoms with Gasteiger partial charge in [-0.2, -0.15) is 0 Å². The number of benzene rings is 3. The standard InChI is InChI=1S/C23H21NO3S/c1-17(28-19-12-6-3-7-13-19)23(26)27-16-22(25)24-21-15-9-8-14-20(21)18-10-4-2-5-11-18/h2-15,17H,16H2,1H3,(H,24,25)/t17-/m0/s1. The van der Waals surface area contributed by atoms with Gasteiger partial charge in [0.2, 0.25) is 0 Å². The molecular weight excluding hydrogens is 370 g/mol. The highest BCUT2D eigenvalue weighted by Crippen LogP contribution is 2.27. The highest BCUT2D eigenvalue weighted by molar-refractivity contribution is 8.00.